The molecule has 0 atom stereocenters. The zero-order chi connectivity index (χ0) is 14.5. The number of rotatable bonds is 10. The highest BCUT2D eigenvalue weighted by Gasteiger charge is 1.94. The number of ether oxygens (including phenoxy) is 2. The fourth-order valence-corrected chi connectivity index (χ4v) is 1.63. The van der Waals surface area contributed by atoms with Crippen molar-refractivity contribution in [1.82, 2.24) is 0 Å². The Hall–Kier alpha value is -1.70. The quantitative estimate of drug-likeness (QED) is 0.549. The van der Waals surface area contributed by atoms with Gasteiger partial charge in [-0.05, 0) is 37.1 Å². The Bertz CT molecular complexity index is 351. The minimum atomic E-state index is 0.625. The highest BCUT2D eigenvalue weighted by Crippen LogP contribution is 2.17. The Morgan fingerprint density at radius 3 is 1.45 bits per heavy atom. The molecule has 0 spiro atoms. The Morgan fingerprint density at radius 2 is 1.10 bits per heavy atom. The van der Waals surface area contributed by atoms with Crippen molar-refractivity contribution in [2.75, 3.05) is 13.2 Å². The van der Waals surface area contributed by atoms with Crippen LogP contribution in [0.1, 0.15) is 39.5 Å². The first-order valence-electron chi connectivity index (χ1n) is 7.52. The molecule has 2 nitrogen and oxygen atoms in total. The molecular formula is C18H26O2. The highest BCUT2D eigenvalue weighted by molar-refractivity contribution is 5.31. The summed E-state index contributed by atoms with van der Waals surface area (Å²) in [5, 5.41) is 0. The van der Waals surface area contributed by atoms with Crippen molar-refractivity contribution in [3.8, 4) is 11.5 Å². The van der Waals surface area contributed by atoms with Gasteiger partial charge in [0, 0.05) is 0 Å². The lowest BCUT2D eigenvalue weighted by atomic mass is 10.3. The maximum absolute atomic E-state index is 5.61. The molecule has 0 aromatic heterocycles. The van der Waals surface area contributed by atoms with Gasteiger partial charge in [0.2, 0.25) is 0 Å². The molecule has 0 aliphatic heterocycles. The molecule has 0 heterocycles. The normalized spacial score (nSPS) is 11.3. The fourth-order valence-electron chi connectivity index (χ4n) is 1.63. The van der Waals surface area contributed by atoms with E-state index in [0.717, 1.165) is 24.3 Å². The van der Waals surface area contributed by atoms with E-state index in [1.807, 2.05) is 24.3 Å². The summed E-state index contributed by atoms with van der Waals surface area (Å²) >= 11 is 0. The van der Waals surface area contributed by atoms with Crippen LogP contribution in [0.15, 0.2) is 48.6 Å². The summed E-state index contributed by atoms with van der Waals surface area (Å²) in [7, 11) is 0. The molecule has 0 bridgehead atoms. The van der Waals surface area contributed by atoms with E-state index in [0.29, 0.717) is 13.2 Å². The van der Waals surface area contributed by atoms with Gasteiger partial charge in [-0.15, -0.1) is 0 Å². The Balaban J connectivity index is 2.25. The second-order valence-corrected chi connectivity index (χ2v) is 4.61. The van der Waals surface area contributed by atoms with Crippen LogP contribution in [0.2, 0.25) is 0 Å². The molecule has 0 fully saturated rings. The van der Waals surface area contributed by atoms with Gasteiger partial charge in [-0.25, -0.2) is 0 Å². The van der Waals surface area contributed by atoms with E-state index in [9.17, 15) is 0 Å². The van der Waals surface area contributed by atoms with Crippen molar-refractivity contribution in [3.63, 3.8) is 0 Å². The van der Waals surface area contributed by atoms with Gasteiger partial charge in [0.25, 0.3) is 0 Å². The van der Waals surface area contributed by atoms with Gasteiger partial charge in [0.15, 0.2) is 0 Å². The topological polar surface area (TPSA) is 18.5 Å². The van der Waals surface area contributed by atoms with E-state index in [4.69, 9.17) is 9.47 Å². The Kier molecular flexibility index (Phi) is 9.12. The van der Waals surface area contributed by atoms with E-state index in [-0.39, 0.29) is 0 Å². The average Bonchev–Trinajstić information content (AvgIpc) is 2.48. The van der Waals surface area contributed by atoms with Crippen LogP contribution in [0.5, 0.6) is 11.5 Å². The largest absolute Gasteiger partial charge is 0.490 e. The van der Waals surface area contributed by atoms with E-state index in [1.54, 1.807) is 0 Å². The van der Waals surface area contributed by atoms with Crippen LogP contribution in [0.4, 0.5) is 0 Å². The second-order valence-electron chi connectivity index (χ2n) is 4.61. The molecule has 0 saturated heterocycles. The summed E-state index contributed by atoms with van der Waals surface area (Å²) in [6.45, 7) is 5.59. The first kappa shape index (κ1) is 16.4. The maximum atomic E-state index is 5.61. The molecule has 0 unspecified atom stereocenters. The predicted molar refractivity (Wildman–Crippen MR) is 85.5 cm³/mol. The van der Waals surface area contributed by atoms with Crippen LogP contribution in [0, 0.1) is 0 Å². The van der Waals surface area contributed by atoms with Gasteiger partial charge in [-0.3, -0.25) is 0 Å². The lowest BCUT2D eigenvalue weighted by Crippen LogP contribution is -1.95. The number of hydrogen-bond acceptors (Lipinski definition) is 2. The summed E-state index contributed by atoms with van der Waals surface area (Å²) in [5.41, 5.74) is 0. The highest BCUT2D eigenvalue weighted by atomic mass is 16.5. The van der Waals surface area contributed by atoms with Crippen LogP contribution in [-0.2, 0) is 0 Å². The third-order valence-electron chi connectivity index (χ3n) is 2.76. The molecule has 0 amide bonds. The van der Waals surface area contributed by atoms with Crippen molar-refractivity contribution in [2.45, 2.75) is 39.5 Å². The average molecular weight is 274 g/mol. The van der Waals surface area contributed by atoms with Crippen LogP contribution in [0.25, 0.3) is 0 Å². The molecule has 0 radical (unpaired) electrons. The van der Waals surface area contributed by atoms with Crippen molar-refractivity contribution >= 4 is 0 Å². The summed E-state index contributed by atoms with van der Waals surface area (Å²) in [6.07, 6.45) is 13.0. The lowest BCUT2D eigenvalue weighted by Gasteiger charge is -2.06. The van der Waals surface area contributed by atoms with Crippen LogP contribution >= 0.6 is 0 Å². The van der Waals surface area contributed by atoms with E-state index < -0.39 is 0 Å². The predicted octanol–water partition coefficient (Wildman–Crippen LogP) is 5.16. The molecule has 110 valence electrons. The minimum Gasteiger partial charge on any atom is -0.490 e. The summed E-state index contributed by atoms with van der Waals surface area (Å²) in [5.74, 6) is 1.75. The summed E-state index contributed by atoms with van der Waals surface area (Å²) in [4.78, 5) is 0. The van der Waals surface area contributed by atoms with Crippen LogP contribution in [-0.4, -0.2) is 13.2 Å². The molecule has 0 saturated carbocycles. The van der Waals surface area contributed by atoms with Crippen molar-refractivity contribution in [2.24, 2.45) is 0 Å². The Morgan fingerprint density at radius 1 is 0.700 bits per heavy atom. The fraction of sp³-hybridized carbons (Fsp3) is 0.444. The molecule has 1 rings (SSSR count). The van der Waals surface area contributed by atoms with Crippen molar-refractivity contribution in [3.05, 3.63) is 48.6 Å². The standard InChI is InChI=1S/C18H26O2/c1-3-5-7-9-15-19-17-11-13-18(14-12-17)20-16-10-8-6-4-2/h7-14H,3-6,15-16H2,1-2H3. The zero-order valence-corrected chi connectivity index (χ0v) is 12.7. The van der Waals surface area contributed by atoms with E-state index in [1.165, 1.54) is 12.8 Å². The van der Waals surface area contributed by atoms with E-state index in [2.05, 4.69) is 38.2 Å². The molecule has 20 heavy (non-hydrogen) atoms. The molecule has 0 aliphatic rings. The van der Waals surface area contributed by atoms with Gasteiger partial charge in [-0.1, -0.05) is 51.0 Å². The number of allylic oxidation sites excluding steroid dienone is 2. The number of unbranched alkanes of at least 4 members (excludes halogenated alkanes) is 2. The monoisotopic (exact) mass is 274 g/mol. The number of hydrogen-bond donors (Lipinski definition) is 0. The molecule has 1 aromatic carbocycles. The Labute approximate surface area is 123 Å². The van der Waals surface area contributed by atoms with Gasteiger partial charge < -0.3 is 9.47 Å². The van der Waals surface area contributed by atoms with E-state index >= 15 is 0 Å². The van der Waals surface area contributed by atoms with Crippen LogP contribution in [0.3, 0.4) is 0 Å². The molecular weight excluding hydrogens is 248 g/mol. The van der Waals surface area contributed by atoms with Crippen molar-refractivity contribution < 1.29 is 9.47 Å². The molecule has 0 N–H and O–H groups in total. The third-order valence-corrected chi connectivity index (χ3v) is 2.76. The van der Waals surface area contributed by atoms with Crippen molar-refractivity contribution in [1.29, 1.82) is 0 Å². The summed E-state index contributed by atoms with van der Waals surface area (Å²) < 4.78 is 11.2. The minimum absolute atomic E-state index is 0.625. The lowest BCUT2D eigenvalue weighted by molar-refractivity contribution is 0.352. The number of benzene rings is 1. The van der Waals surface area contributed by atoms with Gasteiger partial charge >= 0.3 is 0 Å². The first-order valence-corrected chi connectivity index (χ1v) is 7.52. The molecule has 2 heteroatoms. The summed E-state index contributed by atoms with van der Waals surface area (Å²) in [6, 6.07) is 7.77. The molecule has 1 aromatic rings. The van der Waals surface area contributed by atoms with Crippen LogP contribution < -0.4 is 9.47 Å². The zero-order valence-electron chi connectivity index (χ0n) is 12.7. The molecule has 0 aliphatic carbocycles. The third kappa shape index (κ3) is 7.67. The smallest absolute Gasteiger partial charge is 0.120 e. The first-order chi connectivity index (χ1) is 9.86. The SMILES string of the molecule is CCCC=CCOc1ccc(OCC=CCCC)cc1. The van der Waals surface area contributed by atoms with Gasteiger partial charge in [0.1, 0.15) is 24.7 Å². The maximum Gasteiger partial charge on any atom is 0.120 e. The van der Waals surface area contributed by atoms with Gasteiger partial charge in [0.05, 0.1) is 0 Å². The second kappa shape index (κ2) is 11.2. The van der Waals surface area contributed by atoms with Gasteiger partial charge in [-0.2, -0.15) is 0 Å².